The molecule has 1 heterocycles. The Labute approximate surface area is 162 Å². The van der Waals surface area contributed by atoms with Gasteiger partial charge in [-0.2, -0.15) is 4.98 Å². The second kappa shape index (κ2) is 9.29. The third-order valence-corrected chi connectivity index (χ3v) is 3.75. The summed E-state index contributed by atoms with van der Waals surface area (Å²) in [6.45, 7) is 7.48. The average Bonchev–Trinajstić information content (AvgIpc) is 3.11. The molecule has 0 spiro atoms. The molecule has 152 valence electrons. The molecule has 1 unspecified atom stereocenters. The number of aromatic nitrogens is 2. The lowest BCUT2D eigenvalue weighted by Crippen LogP contribution is -2.47. The van der Waals surface area contributed by atoms with Crippen LogP contribution in [0.3, 0.4) is 0 Å². The molecule has 0 saturated carbocycles. The Balaban J connectivity index is 1.68. The number of hydrogen-bond acceptors (Lipinski definition) is 6. The molecule has 28 heavy (non-hydrogen) atoms. The monoisotopic (exact) mass is 392 g/mol. The summed E-state index contributed by atoms with van der Waals surface area (Å²) in [5, 5.41) is 3.92. The Morgan fingerprint density at radius 1 is 1.21 bits per heavy atom. The third-order valence-electron chi connectivity index (χ3n) is 3.75. The summed E-state index contributed by atoms with van der Waals surface area (Å²) < 4.78 is 23.4. The number of nitrogens with zero attached hydrogens (tertiary/aromatic N) is 2. The highest BCUT2D eigenvalue weighted by atomic mass is 19.1. The van der Waals surface area contributed by atoms with E-state index in [0.29, 0.717) is 30.3 Å². The molecular weight excluding hydrogens is 367 g/mol. The van der Waals surface area contributed by atoms with Gasteiger partial charge in [-0.3, -0.25) is 20.4 Å². The van der Waals surface area contributed by atoms with Gasteiger partial charge in [0.15, 0.2) is 11.9 Å². The first-order valence-electron chi connectivity index (χ1n) is 8.99. The van der Waals surface area contributed by atoms with Crippen LogP contribution in [0.2, 0.25) is 0 Å². The smallest absolute Gasteiger partial charge is 0.279 e. The number of hydrazine groups is 1. The number of carbonyl (C=O) groups is 2. The van der Waals surface area contributed by atoms with Crippen molar-refractivity contribution >= 4 is 11.8 Å². The van der Waals surface area contributed by atoms with Crippen molar-refractivity contribution in [3.63, 3.8) is 0 Å². The lowest BCUT2D eigenvalue weighted by atomic mass is 9.96. The number of hydrogen-bond donors (Lipinski definition) is 2. The second-order valence-electron chi connectivity index (χ2n) is 7.37. The van der Waals surface area contributed by atoms with E-state index in [2.05, 4.69) is 21.0 Å². The Hall–Kier alpha value is -2.97. The second-order valence-corrected chi connectivity index (χ2v) is 7.37. The number of rotatable bonds is 7. The van der Waals surface area contributed by atoms with Gasteiger partial charge >= 0.3 is 0 Å². The molecule has 1 atom stereocenters. The van der Waals surface area contributed by atoms with Crippen LogP contribution in [0, 0.1) is 5.82 Å². The summed E-state index contributed by atoms with van der Waals surface area (Å²) in [6, 6.07) is 5.30. The van der Waals surface area contributed by atoms with E-state index in [9.17, 15) is 14.0 Å². The molecule has 2 aromatic rings. The fourth-order valence-electron chi connectivity index (χ4n) is 2.13. The molecule has 9 heteroatoms. The van der Waals surface area contributed by atoms with Crippen molar-refractivity contribution in [1.29, 1.82) is 0 Å². The van der Waals surface area contributed by atoms with Gasteiger partial charge in [0.25, 0.3) is 5.91 Å². The van der Waals surface area contributed by atoms with Crippen LogP contribution in [0.25, 0.3) is 0 Å². The first-order valence-corrected chi connectivity index (χ1v) is 8.99. The molecular formula is C19H25FN4O4. The molecule has 0 aliphatic carbocycles. The van der Waals surface area contributed by atoms with E-state index in [4.69, 9.17) is 9.26 Å². The number of carbonyl (C=O) groups excluding carboxylic acids is 2. The van der Waals surface area contributed by atoms with Crippen molar-refractivity contribution in [2.24, 2.45) is 0 Å². The molecule has 0 aliphatic rings. The van der Waals surface area contributed by atoms with Crippen molar-refractivity contribution in [1.82, 2.24) is 21.0 Å². The maximum atomic E-state index is 12.9. The first kappa shape index (κ1) is 21.3. The zero-order valence-corrected chi connectivity index (χ0v) is 16.4. The Bertz CT molecular complexity index is 799. The highest BCUT2D eigenvalue weighted by Crippen LogP contribution is 2.19. The standard InChI is InChI=1S/C19H25FN4O4/c1-12(27-14-10-8-13(20)9-11-14)17(26)23-22-15(25)6-5-7-16-21-18(24-28-16)19(2,3)4/h8-12H,5-7H2,1-4H3,(H,22,25)(H,23,26). The van der Waals surface area contributed by atoms with Crippen LogP contribution in [0.4, 0.5) is 4.39 Å². The lowest BCUT2D eigenvalue weighted by molar-refractivity contribution is -0.132. The maximum Gasteiger partial charge on any atom is 0.279 e. The van der Waals surface area contributed by atoms with Crippen LogP contribution in [0.5, 0.6) is 5.75 Å². The minimum Gasteiger partial charge on any atom is -0.481 e. The molecule has 0 radical (unpaired) electrons. The minimum absolute atomic E-state index is 0.181. The van der Waals surface area contributed by atoms with Crippen molar-refractivity contribution < 1.29 is 23.2 Å². The van der Waals surface area contributed by atoms with Crippen molar-refractivity contribution in [3.05, 3.63) is 41.8 Å². The summed E-state index contributed by atoms with van der Waals surface area (Å²) in [6.07, 6.45) is 0.282. The van der Waals surface area contributed by atoms with E-state index in [-0.39, 0.29) is 17.7 Å². The number of aryl methyl sites for hydroxylation is 1. The van der Waals surface area contributed by atoms with E-state index < -0.39 is 17.8 Å². The predicted molar refractivity (Wildman–Crippen MR) is 98.7 cm³/mol. The fraction of sp³-hybridized carbons (Fsp3) is 0.474. The fourth-order valence-corrected chi connectivity index (χ4v) is 2.13. The molecule has 8 nitrogen and oxygen atoms in total. The lowest BCUT2D eigenvalue weighted by Gasteiger charge is -2.15. The molecule has 0 fully saturated rings. The molecule has 2 rings (SSSR count). The average molecular weight is 392 g/mol. The minimum atomic E-state index is -0.861. The van der Waals surface area contributed by atoms with Crippen LogP contribution in [0.1, 0.15) is 52.3 Å². The molecule has 0 saturated heterocycles. The van der Waals surface area contributed by atoms with Gasteiger partial charge in [-0.05, 0) is 37.6 Å². The quantitative estimate of drug-likeness (QED) is 0.701. The molecule has 1 aromatic carbocycles. The van der Waals surface area contributed by atoms with E-state index in [1.165, 1.54) is 31.2 Å². The number of ether oxygens (including phenoxy) is 1. The number of benzene rings is 1. The number of amides is 2. The zero-order chi connectivity index (χ0) is 20.7. The summed E-state index contributed by atoms with van der Waals surface area (Å²) in [5.41, 5.74) is 4.43. The van der Waals surface area contributed by atoms with E-state index in [1.54, 1.807) is 0 Å². The Morgan fingerprint density at radius 2 is 1.89 bits per heavy atom. The summed E-state index contributed by atoms with van der Waals surface area (Å²) >= 11 is 0. The van der Waals surface area contributed by atoms with Crippen molar-refractivity contribution in [3.8, 4) is 5.75 Å². The van der Waals surface area contributed by atoms with Crippen LogP contribution >= 0.6 is 0 Å². The van der Waals surface area contributed by atoms with E-state index >= 15 is 0 Å². The summed E-state index contributed by atoms with van der Waals surface area (Å²) in [4.78, 5) is 28.1. The summed E-state index contributed by atoms with van der Waals surface area (Å²) in [5.74, 6) is 0.177. The van der Waals surface area contributed by atoms with Crippen LogP contribution in [0.15, 0.2) is 28.8 Å². The van der Waals surface area contributed by atoms with Crippen LogP contribution in [-0.4, -0.2) is 28.1 Å². The summed E-state index contributed by atoms with van der Waals surface area (Å²) in [7, 11) is 0. The highest BCUT2D eigenvalue weighted by Gasteiger charge is 2.21. The van der Waals surface area contributed by atoms with Crippen molar-refractivity contribution in [2.75, 3.05) is 0 Å². The molecule has 0 bridgehead atoms. The highest BCUT2D eigenvalue weighted by molar-refractivity contribution is 5.84. The van der Waals surface area contributed by atoms with E-state index in [1.807, 2.05) is 20.8 Å². The van der Waals surface area contributed by atoms with Gasteiger partial charge < -0.3 is 9.26 Å². The normalized spacial score (nSPS) is 12.3. The SMILES string of the molecule is CC(Oc1ccc(F)cc1)C(=O)NNC(=O)CCCc1nc(C(C)(C)C)no1. The van der Waals surface area contributed by atoms with E-state index in [0.717, 1.165) is 0 Å². The molecule has 1 aromatic heterocycles. The largest absolute Gasteiger partial charge is 0.481 e. The van der Waals surface area contributed by atoms with Crippen molar-refractivity contribution in [2.45, 2.75) is 58.5 Å². The zero-order valence-electron chi connectivity index (χ0n) is 16.4. The molecule has 2 amide bonds. The van der Waals surface area contributed by atoms with Crippen LogP contribution in [-0.2, 0) is 21.4 Å². The molecule has 2 N–H and O–H groups in total. The molecule has 0 aliphatic heterocycles. The third kappa shape index (κ3) is 6.64. The van der Waals surface area contributed by atoms with Gasteiger partial charge in [-0.1, -0.05) is 25.9 Å². The Kier molecular flexibility index (Phi) is 7.08. The van der Waals surface area contributed by atoms with Gasteiger partial charge in [-0.15, -0.1) is 0 Å². The van der Waals surface area contributed by atoms with Gasteiger partial charge in [0.2, 0.25) is 11.8 Å². The van der Waals surface area contributed by atoms with Gasteiger partial charge in [-0.25, -0.2) is 4.39 Å². The first-order chi connectivity index (χ1) is 13.1. The Morgan fingerprint density at radius 3 is 2.50 bits per heavy atom. The van der Waals surface area contributed by atoms with Gasteiger partial charge in [0.1, 0.15) is 11.6 Å². The van der Waals surface area contributed by atoms with Gasteiger partial charge in [0, 0.05) is 18.3 Å². The maximum absolute atomic E-state index is 12.9. The number of nitrogens with one attached hydrogen (secondary N) is 2. The predicted octanol–water partition coefficient (Wildman–Crippen LogP) is 2.44. The van der Waals surface area contributed by atoms with Crippen LogP contribution < -0.4 is 15.6 Å². The van der Waals surface area contributed by atoms with Gasteiger partial charge in [0.05, 0.1) is 0 Å². The number of halogens is 1. The topological polar surface area (TPSA) is 106 Å².